The topological polar surface area (TPSA) is 0 Å². The first-order valence-electron chi connectivity index (χ1n) is 21.1. The molecular weight excluding hydrogens is 882 g/mol. The molecule has 0 saturated heterocycles. The zero-order valence-corrected chi connectivity index (χ0v) is 42.9. The van der Waals surface area contributed by atoms with Gasteiger partial charge in [0.2, 0.25) is 0 Å². The Morgan fingerprint density at radius 2 is 1.39 bits per heavy atom. The average Bonchev–Trinajstić information content (AvgIpc) is 3.81. The number of hydrogen-bond donors (Lipinski definition) is 0. The van der Waals surface area contributed by atoms with Crippen LogP contribution in [0, 0.1) is 33.5 Å². The van der Waals surface area contributed by atoms with Crippen molar-refractivity contribution in [2.45, 2.75) is 121 Å². The summed E-state index contributed by atoms with van der Waals surface area (Å²) in [6.07, 6.45) is 11.0. The van der Waals surface area contributed by atoms with Crippen LogP contribution in [0.25, 0.3) is 5.57 Å². The Hall–Kier alpha value is -1.99. The molecule has 2 atom stereocenters. The van der Waals surface area contributed by atoms with Gasteiger partial charge in [-0.25, -0.2) is 12.0 Å². The standard InChI is InChI=1S/C29H37.C13H8Cl2.C12H19.2ClH.Zr/c1-18-25-22-17-19-13-9-10-14-20(19)24(22)21-15-11-12-16-23(21)29(25,8)28(6,7)27(4,5)26(18,2)3;14-12-5-1-10(2-6-12)9-11-3-7-13(15)8-4-11;1-5-6-10-7-8-11(9-10)12(2,3)4;;;/h9-11,13-15,23H,12,16-17H2,1-8H3;1-8H;7-9H,5-6H2,1-4H3;2*1H;/q-1;;-1;;;+2/p-2. The van der Waals surface area contributed by atoms with E-state index in [1.165, 1.54) is 86.5 Å². The molecule has 4 aliphatic carbocycles. The van der Waals surface area contributed by atoms with Crippen LogP contribution in [0.2, 0.25) is 10.0 Å². The molecule has 4 aromatic rings. The molecule has 1 fully saturated rings. The first-order valence-corrected chi connectivity index (χ1v) is 23.1. The fourth-order valence-electron chi connectivity index (χ4n) is 10.4. The predicted molar refractivity (Wildman–Crippen MR) is 245 cm³/mol. The fourth-order valence-corrected chi connectivity index (χ4v) is 11.4. The molecule has 1 saturated carbocycles. The Kier molecular flexibility index (Phi) is 15.8. The molecule has 2 unspecified atom stereocenters. The summed E-state index contributed by atoms with van der Waals surface area (Å²) in [4.78, 5) is 0. The molecule has 314 valence electrons. The van der Waals surface area contributed by atoms with Crippen LogP contribution in [0.15, 0.2) is 120 Å². The van der Waals surface area contributed by atoms with Crippen molar-refractivity contribution in [3.63, 3.8) is 0 Å². The number of fused-ring (bicyclic) bond motifs is 6. The Bertz CT molecular complexity index is 2150. The molecule has 0 heterocycles. The molecule has 0 aromatic heterocycles. The van der Waals surface area contributed by atoms with Gasteiger partial charge in [-0.05, 0) is 40.6 Å². The van der Waals surface area contributed by atoms with E-state index in [0.717, 1.165) is 16.5 Å². The van der Waals surface area contributed by atoms with Gasteiger partial charge in [0.1, 0.15) is 0 Å². The molecule has 59 heavy (non-hydrogen) atoms. The van der Waals surface area contributed by atoms with Gasteiger partial charge in [-0.1, -0.05) is 159 Å². The van der Waals surface area contributed by atoms with E-state index in [9.17, 15) is 0 Å². The number of benzene rings is 3. The van der Waals surface area contributed by atoms with Crippen molar-refractivity contribution in [1.29, 1.82) is 0 Å². The third-order valence-electron chi connectivity index (χ3n) is 15.3. The average molecular weight is 946 g/mol. The van der Waals surface area contributed by atoms with Gasteiger partial charge < -0.3 is 24.8 Å². The molecular formula is C54H64Cl4Zr-2. The smallest absolute Gasteiger partial charge is 1.00 e. The molecule has 0 nitrogen and oxygen atoms in total. The van der Waals surface area contributed by atoms with E-state index in [1.54, 1.807) is 28.2 Å². The predicted octanol–water partition coefficient (Wildman–Crippen LogP) is 9.74. The van der Waals surface area contributed by atoms with Crippen molar-refractivity contribution in [2.75, 3.05) is 0 Å². The van der Waals surface area contributed by atoms with Gasteiger partial charge >= 0.3 is 120 Å². The van der Waals surface area contributed by atoms with E-state index in [-0.39, 0.29) is 46.5 Å². The third-order valence-corrected chi connectivity index (χ3v) is 17.2. The molecule has 0 aliphatic heterocycles. The van der Waals surface area contributed by atoms with Gasteiger partial charge in [0, 0.05) is 0 Å². The van der Waals surface area contributed by atoms with Crippen LogP contribution in [-0.2, 0) is 42.5 Å². The Morgan fingerprint density at radius 1 is 0.831 bits per heavy atom. The Balaban J connectivity index is 0.000000217. The van der Waals surface area contributed by atoms with E-state index in [2.05, 4.69) is 138 Å². The van der Waals surface area contributed by atoms with Crippen LogP contribution in [0.1, 0.15) is 136 Å². The minimum atomic E-state index is 0. The molecule has 0 radical (unpaired) electrons. The second kappa shape index (κ2) is 18.8. The van der Waals surface area contributed by atoms with Crippen LogP contribution >= 0.6 is 23.2 Å². The maximum absolute atomic E-state index is 5.86. The third kappa shape index (κ3) is 8.96. The number of allylic oxidation sites excluding steroid dienone is 6. The summed E-state index contributed by atoms with van der Waals surface area (Å²) in [5.41, 5.74) is 16.0. The molecule has 0 amide bonds. The summed E-state index contributed by atoms with van der Waals surface area (Å²) in [6.45, 7) is 29.3. The van der Waals surface area contributed by atoms with Crippen molar-refractivity contribution < 1.29 is 49.0 Å². The summed E-state index contributed by atoms with van der Waals surface area (Å²) < 4.78 is 1.31. The first-order chi connectivity index (χ1) is 26.7. The van der Waals surface area contributed by atoms with Crippen LogP contribution in [0.3, 0.4) is 0 Å². The number of aryl methyl sites for hydroxylation is 1. The monoisotopic (exact) mass is 942 g/mol. The zero-order valence-electron chi connectivity index (χ0n) is 37.4. The maximum atomic E-state index is 5.86. The van der Waals surface area contributed by atoms with Gasteiger partial charge in [-0.15, -0.1) is 6.92 Å². The zero-order chi connectivity index (χ0) is 41.7. The van der Waals surface area contributed by atoms with Crippen molar-refractivity contribution in [3.05, 3.63) is 169 Å². The summed E-state index contributed by atoms with van der Waals surface area (Å²) in [7, 11) is 0. The minimum absolute atomic E-state index is 0. The second-order valence-electron chi connectivity index (χ2n) is 19.6. The molecule has 4 aromatic carbocycles. The molecule has 4 aliphatic rings. The van der Waals surface area contributed by atoms with Gasteiger partial charge in [-0.2, -0.15) is 34.4 Å². The van der Waals surface area contributed by atoms with E-state index in [0.29, 0.717) is 11.3 Å². The minimum Gasteiger partial charge on any atom is -1.00 e. The summed E-state index contributed by atoms with van der Waals surface area (Å²) in [6, 6.07) is 31.8. The van der Waals surface area contributed by atoms with Crippen LogP contribution in [0.4, 0.5) is 0 Å². The van der Waals surface area contributed by atoms with Gasteiger partial charge in [0.25, 0.3) is 0 Å². The number of halogens is 4. The molecule has 0 N–H and O–H groups in total. The second-order valence-corrected chi connectivity index (χ2v) is 21.8. The molecule has 8 rings (SSSR count). The van der Waals surface area contributed by atoms with Crippen LogP contribution < -0.4 is 24.8 Å². The van der Waals surface area contributed by atoms with Gasteiger partial charge in [0.15, 0.2) is 0 Å². The van der Waals surface area contributed by atoms with Crippen LogP contribution in [-0.4, -0.2) is 3.21 Å². The molecule has 0 spiro atoms. The van der Waals surface area contributed by atoms with E-state index < -0.39 is 0 Å². The normalized spacial score (nSPS) is 21.6. The molecule has 5 heteroatoms. The van der Waals surface area contributed by atoms with E-state index in [4.69, 9.17) is 23.2 Å². The Labute approximate surface area is 395 Å². The number of hydrogen-bond acceptors (Lipinski definition) is 0. The van der Waals surface area contributed by atoms with E-state index in [1.807, 2.05) is 48.5 Å². The largest absolute Gasteiger partial charge is 1.00 e. The van der Waals surface area contributed by atoms with Crippen molar-refractivity contribution in [3.8, 4) is 0 Å². The summed E-state index contributed by atoms with van der Waals surface area (Å²) in [5, 5.41) is 1.53. The van der Waals surface area contributed by atoms with Crippen molar-refractivity contribution in [1.82, 2.24) is 0 Å². The van der Waals surface area contributed by atoms with Gasteiger partial charge in [0.05, 0.1) is 0 Å². The Morgan fingerprint density at radius 3 is 1.92 bits per heavy atom. The van der Waals surface area contributed by atoms with Crippen LogP contribution in [0.5, 0.6) is 0 Å². The molecule has 0 bridgehead atoms. The van der Waals surface area contributed by atoms with E-state index >= 15 is 0 Å². The first kappa shape index (κ1) is 49.7. The van der Waals surface area contributed by atoms with Gasteiger partial charge in [-0.3, -0.25) is 0 Å². The quantitative estimate of drug-likeness (QED) is 0.179. The number of rotatable bonds is 4. The van der Waals surface area contributed by atoms with Crippen molar-refractivity contribution in [2.24, 2.45) is 27.6 Å². The SMILES string of the molecule is CCCc1cc(C(C)(C)C)c[cH-]1.C[C-]1C2=C3Cc4ccccc4C3=C3C=CCCC3C2(C)C(C)(C)C(C)(C)C1(C)C.Clc1ccc([C](=[Zr+2])c2ccc(Cl)cc2)cc1.[Cl-].[Cl-]. The maximum Gasteiger partial charge on any atom is -1.00 e. The summed E-state index contributed by atoms with van der Waals surface area (Å²) >= 11 is 13.1. The van der Waals surface area contributed by atoms with Crippen molar-refractivity contribution >= 4 is 32.0 Å². The fraction of sp³-hybridized carbons (Fsp3) is 0.426. The summed E-state index contributed by atoms with van der Waals surface area (Å²) in [5.74, 6) is 2.24.